The summed E-state index contributed by atoms with van der Waals surface area (Å²) in [6.45, 7) is 0. The number of alkyl halides is 6. The minimum atomic E-state index is -4.90. The first kappa shape index (κ1) is 18.1. The first-order valence-electron chi connectivity index (χ1n) is 6.11. The number of anilines is 1. The Kier molecular flexibility index (Phi) is 4.29. The highest BCUT2D eigenvalue weighted by Crippen LogP contribution is 2.35. The molecule has 0 aliphatic rings. The van der Waals surface area contributed by atoms with Gasteiger partial charge in [-0.1, -0.05) is 0 Å². The number of hydrogen-bond acceptors (Lipinski definition) is 3. The van der Waals surface area contributed by atoms with E-state index in [0.29, 0.717) is 24.3 Å². The number of rotatable bonds is 3. The molecule has 0 bridgehead atoms. The molecule has 1 N–H and O–H groups in total. The maximum Gasteiger partial charge on any atom is 0.437 e. The number of nitrogens with zero attached hydrogens (tertiary/aromatic N) is 2. The van der Waals surface area contributed by atoms with Crippen molar-refractivity contribution in [1.29, 1.82) is 0 Å². The topological polar surface area (TPSA) is 64.0 Å². The van der Waals surface area contributed by atoms with Crippen LogP contribution in [0.15, 0.2) is 35.4 Å². The van der Waals surface area contributed by atoms with Gasteiger partial charge in [-0.3, -0.25) is 9.40 Å². The number of sulfonamides is 1. The zero-order valence-electron chi connectivity index (χ0n) is 11.8. The van der Waals surface area contributed by atoms with E-state index in [4.69, 9.17) is 0 Å². The molecule has 2 aromatic rings. The summed E-state index contributed by atoms with van der Waals surface area (Å²) in [5.41, 5.74) is -3.37. The minimum Gasteiger partial charge on any atom is -0.276 e. The third-order valence-corrected chi connectivity index (χ3v) is 4.21. The highest BCUT2D eigenvalue weighted by atomic mass is 32.2. The van der Waals surface area contributed by atoms with Gasteiger partial charge in [0, 0.05) is 13.2 Å². The standard InChI is InChI=1S/C12H9F6N3O2S/c1-21-6-9(10(19-21)12(16,17)18)20-24(22,23)8-4-2-7(3-5-8)11(13,14)15/h2-6,20H,1H3. The smallest absolute Gasteiger partial charge is 0.276 e. The number of aromatic nitrogens is 2. The van der Waals surface area contributed by atoms with Crippen LogP contribution in [0, 0.1) is 0 Å². The number of benzene rings is 1. The molecule has 0 aliphatic carbocycles. The van der Waals surface area contributed by atoms with Gasteiger partial charge in [-0.25, -0.2) is 8.42 Å². The Morgan fingerprint density at radius 1 is 1.00 bits per heavy atom. The van der Waals surface area contributed by atoms with Crippen molar-refractivity contribution in [3.8, 4) is 0 Å². The minimum absolute atomic E-state index is 0.516. The molecule has 0 saturated carbocycles. The average Bonchev–Trinajstić information content (AvgIpc) is 2.78. The summed E-state index contributed by atoms with van der Waals surface area (Å²) < 4.78 is 102. The Balaban J connectivity index is 2.36. The summed E-state index contributed by atoms with van der Waals surface area (Å²) in [7, 11) is -3.36. The highest BCUT2D eigenvalue weighted by molar-refractivity contribution is 7.92. The van der Waals surface area contributed by atoms with Crippen molar-refractivity contribution in [3.63, 3.8) is 0 Å². The molecule has 1 aromatic heterocycles. The van der Waals surface area contributed by atoms with Crippen molar-refractivity contribution in [2.75, 3.05) is 4.72 Å². The van der Waals surface area contributed by atoms with Crippen LogP contribution in [0.3, 0.4) is 0 Å². The van der Waals surface area contributed by atoms with Gasteiger partial charge in [0.1, 0.15) is 0 Å². The molecule has 0 aliphatic heterocycles. The van der Waals surface area contributed by atoms with Crippen LogP contribution in [0.25, 0.3) is 0 Å². The Bertz CT molecular complexity index is 837. The predicted molar refractivity (Wildman–Crippen MR) is 70.5 cm³/mol. The molecule has 132 valence electrons. The van der Waals surface area contributed by atoms with Crippen LogP contribution >= 0.6 is 0 Å². The largest absolute Gasteiger partial charge is 0.437 e. The Morgan fingerprint density at radius 3 is 2.00 bits per heavy atom. The molecule has 0 atom stereocenters. The van der Waals surface area contributed by atoms with Gasteiger partial charge < -0.3 is 0 Å². The Labute approximate surface area is 131 Å². The van der Waals surface area contributed by atoms with E-state index in [-0.39, 0.29) is 0 Å². The summed E-state index contributed by atoms with van der Waals surface area (Å²) in [6.07, 6.45) is -8.77. The SMILES string of the molecule is Cn1cc(NS(=O)(=O)c2ccc(C(F)(F)F)cc2)c(C(F)(F)F)n1. The van der Waals surface area contributed by atoms with E-state index < -0.39 is 44.2 Å². The third kappa shape index (κ3) is 3.80. The first-order chi connectivity index (χ1) is 10.8. The molecule has 12 heteroatoms. The van der Waals surface area contributed by atoms with Crippen LogP contribution in [-0.4, -0.2) is 18.2 Å². The van der Waals surface area contributed by atoms with E-state index in [2.05, 4.69) is 5.10 Å². The molecular formula is C12H9F6N3O2S. The fraction of sp³-hybridized carbons (Fsp3) is 0.250. The fourth-order valence-electron chi connectivity index (χ4n) is 1.80. The third-order valence-electron chi connectivity index (χ3n) is 2.83. The monoisotopic (exact) mass is 373 g/mol. The molecule has 1 aromatic carbocycles. The van der Waals surface area contributed by atoms with E-state index in [1.807, 2.05) is 0 Å². The normalized spacial score (nSPS) is 13.1. The van der Waals surface area contributed by atoms with Crippen LogP contribution in [0.4, 0.5) is 32.0 Å². The Morgan fingerprint density at radius 2 is 1.54 bits per heavy atom. The summed E-state index contributed by atoms with van der Waals surface area (Å²) in [6, 6.07) is 2.33. The highest BCUT2D eigenvalue weighted by Gasteiger charge is 2.38. The van der Waals surface area contributed by atoms with Crippen LogP contribution < -0.4 is 4.72 Å². The number of aryl methyl sites for hydroxylation is 1. The lowest BCUT2D eigenvalue weighted by molar-refractivity contribution is -0.141. The molecule has 0 radical (unpaired) electrons. The predicted octanol–water partition coefficient (Wildman–Crippen LogP) is 3.26. The maximum atomic E-state index is 12.8. The van der Waals surface area contributed by atoms with Gasteiger partial charge in [0.2, 0.25) is 0 Å². The Hall–Kier alpha value is -2.24. The van der Waals surface area contributed by atoms with E-state index in [1.165, 1.54) is 0 Å². The van der Waals surface area contributed by atoms with Gasteiger partial charge in [0.05, 0.1) is 16.1 Å². The van der Waals surface area contributed by atoms with Gasteiger partial charge in [0.25, 0.3) is 10.0 Å². The van der Waals surface area contributed by atoms with Gasteiger partial charge in [0.15, 0.2) is 5.69 Å². The molecule has 0 spiro atoms. The average molecular weight is 373 g/mol. The van der Waals surface area contributed by atoms with Gasteiger partial charge in [-0.15, -0.1) is 0 Å². The lowest BCUT2D eigenvalue weighted by Gasteiger charge is -2.11. The van der Waals surface area contributed by atoms with Crippen molar-refractivity contribution < 1.29 is 34.8 Å². The number of nitrogens with one attached hydrogen (secondary N) is 1. The van der Waals surface area contributed by atoms with E-state index in [9.17, 15) is 34.8 Å². The summed E-state index contributed by atoms with van der Waals surface area (Å²) in [5.74, 6) is 0. The van der Waals surface area contributed by atoms with Crippen molar-refractivity contribution in [2.45, 2.75) is 17.2 Å². The molecule has 1 heterocycles. The first-order valence-corrected chi connectivity index (χ1v) is 7.60. The molecule has 24 heavy (non-hydrogen) atoms. The van der Waals surface area contributed by atoms with Crippen LogP contribution in [-0.2, 0) is 29.4 Å². The molecule has 2 rings (SSSR count). The lowest BCUT2D eigenvalue weighted by atomic mass is 10.2. The second-order valence-corrected chi connectivity index (χ2v) is 6.37. The summed E-state index contributed by atoms with van der Waals surface area (Å²) in [4.78, 5) is -0.618. The molecular weight excluding hydrogens is 364 g/mol. The quantitative estimate of drug-likeness (QED) is 0.840. The summed E-state index contributed by atoms with van der Waals surface area (Å²) >= 11 is 0. The van der Waals surface area contributed by atoms with Crippen LogP contribution in [0.1, 0.15) is 11.3 Å². The van der Waals surface area contributed by atoms with Crippen molar-refractivity contribution in [2.24, 2.45) is 7.05 Å². The number of hydrogen-bond donors (Lipinski definition) is 1. The zero-order chi connectivity index (χ0) is 18.3. The van der Waals surface area contributed by atoms with E-state index in [0.717, 1.165) is 17.9 Å². The van der Waals surface area contributed by atoms with Crippen molar-refractivity contribution in [3.05, 3.63) is 41.7 Å². The second kappa shape index (κ2) is 5.69. The van der Waals surface area contributed by atoms with Gasteiger partial charge in [-0.2, -0.15) is 31.4 Å². The van der Waals surface area contributed by atoms with E-state index >= 15 is 0 Å². The molecule has 5 nitrogen and oxygen atoms in total. The molecule has 0 saturated heterocycles. The summed E-state index contributed by atoms with van der Waals surface area (Å²) in [5, 5.41) is 3.12. The van der Waals surface area contributed by atoms with Crippen LogP contribution in [0.5, 0.6) is 0 Å². The molecule has 0 amide bonds. The molecule has 0 fully saturated rings. The second-order valence-electron chi connectivity index (χ2n) is 4.69. The number of halogens is 6. The fourth-order valence-corrected chi connectivity index (χ4v) is 2.85. The van der Waals surface area contributed by atoms with Crippen molar-refractivity contribution in [1.82, 2.24) is 9.78 Å². The van der Waals surface area contributed by atoms with Gasteiger partial charge in [-0.05, 0) is 24.3 Å². The van der Waals surface area contributed by atoms with Crippen molar-refractivity contribution >= 4 is 15.7 Å². The molecule has 0 unspecified atom stereocenters. The van der Waals surface area contributed by atoms with Crippen LogP contribution in [0.2, 0.25) is 0 Å². The van der Waals surface area contributed by atoms with E-state index in [1.54, 1.807) is 4.72 Å². The zero-order valence-corrected chi connectivity index (χ0v) is 12.6. The maximum absolute atomic E-state index is 12.8. The lowest BCUT2D eigenvalue weighted by Crippen LogP contribution is -2.17. The van der Waals surface area contributed by atoms with Gasteiger partial charge >= 0.3 is 12.4 Å².